The van der Waals surface area contributed by atoms with E-state index in [1.165, 1.54) is 18.2 Å². The first-order valence-corrected chi connectivity index (χ1v) is 19.8. The summed E-state index contributed by atoms with van der Waals surface area (Å²) in [6.07, 6.45) is -2.26. The third kappa shape index (κ3) is 9.45. The van der Waals surface area contributed by atoms with Gasteiger partial charge in [-0.25, -0.2) is 9.37 Å². The molecular weight excluding hydrogens is 791 g/mol. The summed E-state index contributed by atoms with van der Waals surface area (Å²) in [6.45, 7) is 10.8. The zero-order valence-electron chi connectivity index (χ0n) is 33.2. The van der Waals surface area contributed by atoms with E-state index in [4.69, 9.17) is 17.0 Å². The molecule has 3 fully saturated rings. The van der Waals surface area contributed by atoms with Gasteiger partial charge in [-0.1, -0.05) is 13.0 Å². The van der Waals surface area contributed by atoms with Crippen molar-refractivity contribution in [3.63, 3.8) is 0 Å². The fraction of sp³-hybridized carbons (Fsp3) is 0.452. The average Bonchev–Trinajstić information content (AvgIpc) is 3.36. The molecule has 17 heteroatoms. The number of piperidine rings is 1. The molecule has 2 aromatic carbocycles. The van der Waals surface area contributed by atoms with Gasteiger partial charge in [-0.3, -0.25) is 39.2 Å². The summed E-state index contributed by atoms with van der Waals surface area (Å²) < 4.78 is 62.0. The number of Topliss-reactive ketones (excluding diaryl/α,β-unsaturated/α-hetero) is 1. The van der Waals surface area contributed by atoms with Crippen molar-refractivity contribution in [2.75, 3.05) is 49.1 Å². The van der Waals surface area contributed by atoms with E-state index in [1.54, 1.807) is 36.9 Å². The minimum Gasteiger partial charge on any atom is -0.492 e. The third-order valence-corrected chi connectivity index (χ3v) is 11.6. The van der Waals surface area contributed by atoms with Gasteiger partial charge in [0.05, 0.1) is 23.5 Å². The van der Waals surface area contributed by atoms with Crippen LogP contribution in [0.15, 0.2) is 48.7 Å². The summed E-state index contributed by atoms with van der Waals surface area (Å²) in [5, 5.41) is 11.5. The molecule has 3 aromatic rings. The van der Waals surface area contributed by atoms with E-state index in [2.05, 4.69) is 20.1 Å². The number of rotatable bonds is 13. The number of hydrogen-bond acceptors (Lipinski definition) is 10. The number of thiocarbonyl (C=S) groups is 1. The summed E-state index contributed by atoms with van der Waals surface area (Å²) in [4.78, 5) is 61.3. The Morgan fingerprint density at radius 2 is 1.78 bits per heavy atom. The number of benzene rings is 2. The lowest BCUT2D eigenvalue weighted by Crippen LogP contribution is -2.52. The Kier molecular flexibility index (Phi) is 12.8. The van der Waals surface area contributed by atoms with Crippen LogP contribution in [0.3, 0.4) is 0 Å². The number of amides is 3. The van der Waals surface area contributed by atoms with Crippen LogP contribution in [0.1, 0.15) is 68.5 Å². The van der Waals surface area contributed by atoms with Crippen molar-refractivity contribution in [3.05, 3.63) is 82.4 Å². The van der Waals surface area contributed by atoms with E-state index < -0.39 is 40.6 Å². The molecule has 12 nitrogen and oxygen atoms in total. The predicted molar refractivity (Wildman–Crippen MR) is 214 cm³/mol. The number of ether oxygens (including phenoxy) is 1. The Balaban J connectivity index is 1.02. The summed E-state index contributed by atoms with van der Waals surface area (Å²) in [7, 11) is 0. The van der Waals surface area contributed by atoms with Crippen molar-refractivity contribution in [1.82, 2.24) is 20.1 Å². The molecule has 1 unspecified atom stereocenters. The van der Waals surface area contributed by atoms with Crippen molar-refractivity contribution in [2.24, 2.45) is 5.92 Å². The second kappa shape index (κ2) is 17.5. The number of anilines is 2. The number of imide groups is 1. The monoisotopic (exact) mass is 835 g/mol. The van der Waals surface area contributed by atoms with Crippen LogP contribution >= 0.6 is 12.2 Å². The van der Waals surface area contributed by atoms with E-state index in [-0.39, 0.29) is 53.7 Å². The van der Waals surface area contributed by atoms with E-state index in [0.29, 0.717) is 80.8 Å². The molecule has 2 atom stereocenters. The normalized spacial score (nSPS) is 19.5. The lowest BCUT2D eigenvalue weighted by atomic mass is 9.90. The number of aryl methyl sites for hydroxylation is 1. The van der Waals surface area contributed by atoms with Crippen molar-refractivity contribution in [2.45, 2.75) is 77.6 Å². The summed E-state index contributed by atoms with van der Waals surface area (Å²) >= 11 is 5.68. The number of nitrogens with one attached hydrogen (secondary N) is 1. The van der Waals surface area contributed by atoms with Crippen LogP contribution in [0.2, 0.25) is 0 Å². The highest BCUT2D eigenvalue weighted by molar-refractivity contribution is 7.81. The molecule has 0 aliphatic carbocycles. The second-order valence-corrected chi connectivity index (χ2v) is 15.9. The molecule has 0 spiro atoms. The number of nitrogens with zero attached hydrogens (tertiary/aromatic N) is 6. The van der Waals surface area contributed by atoms with Gasteiger partial charge in [0, 0.05) is 57.2 Å². The lowest BCUT2D eigenvalue weighted by molar-refractivity contribution is -0.138. The van der Waals surface area contributed by atoms with Crippen molar-refractivity contribution >= 4 is 52.2 Å². The summed E-state index contributed by atoms with van der Waals surface area (Å²) in [5.41, 5.74) is -0.960. The number of nitriles is 1. The zero-order valence-corrected chi connectivity index (χ0v) is 34.0. The maximum Gasteiger partial charge on any atom is 0.419 e. The van der Waals surface area contributed by atoms with Gasteiger partial charge in [0.1, 0.15) is 29.8 Å². The first kappa shape index (κ1) is 43.3. The van der Waals surface area contributed by atoms with Crippen molar-refractivity contribution in [1.29, 1.82) is 5.26 Å². The number of aromatic nitrogens is 1. The first-order valence-electron chi connectivity index (χ1n) is 19.4. The predicted octanol–water partition coefficient (Wildman–Crippen LogP) is 5.38. The number of alkyl halides is 3. The van der Waals surface area contributed by atoms with Gasteiger partial charge < -0.3 is 9.64 Å². The molecule has 312 valence electrons. The highest BCUT2D eigenvalue weighted by Crippen LogP contribution is 2.40. The molecule has 1 N–H and O–H groups in total. The molecule has 3 aliphatic rings. The molecular formula is C42H45F4N7O5S. The fourth-order valence-corrected chi connectivity index (χ4v) is 8.35. The number of carbonyl (C=O) groups is 4. The number of hydrogen-bond donors (Lipinski definition) is 1. The van der Waals surface area contributed by atoms with Gasteiger partial charge >= 0.3 is 6.18 Å². The Morgan fingerprint density at radius 1 is 1.07 bits per heavy atom. The van der Waals surface area contributed by atoms with Crippen LogP contribution < -0.4 is 19.9 Å². The van der Waals surface area contributed by atoms with E-state index in [1.807, 2.05) is 19.9 Å². The number of ketones is 1. The smallest absolute Gasteiger partial charge is 0.419 e. The fourth-order valence-electron chi connectivity index (χ4n) is 7.83. The Labute approximate surface area is 345 Å². The van der Waals surface area contributed by atoms with Crippen LogP contribution in [0.5, 0.6) is 5.75 Å². The third-order valence-electron chi connectivity index (χ3n) is 11.2. The SMILES string of the molecule is CCc1cc(N2C(=S)N(c3cnc(C#N)c(C(F)(F)F)c3)C(=O)C2(C)C)ccc1OCCN1CCN([C@@H](C)C(=O)Cc2cc(F)cc(CC3CCC(=O)NC3=O)c2)CC1. The Hall–Kier alpha value is -5.31. The Morgan fingerprint density at radius 3 is 2.44 bits per heavy atom. The molecule has 0 saturated carbocycles. The van der Waals surface area contributed by atoms with Gasteiger partial charge in [-0.05, 0) is 105 Å². The zero-order chi connectivity index (χ0) is 42.8. The van der Waals surface area contributed by atoms with Gasteiger partial charge in [0.15, 0.2) is 16.6 Å². The van der Waals surface area contributed by atoms with E-state index in [9.17, 15) is 42.0 Å². The topological polar surface area (TPSA) is 139 Å². The van der Waals surface area contributed by atoms with Gasteiger partial charge in [-0.2, -0.15) is 18.4 Å². The molecule has 59 heavy (non-hydrogen) atoms. The quantitative estimate of drug-likeness (QED) is 0.135. The van der Waals surface area contributed by atoms with Crippen LogP contribution in [-0.4, -0.2) is 94.3 Å². The minimum atomic E-state index is -4.86. The molecule has 6 rings (SSSR count). The standard InChI is InChI=1S/C42H45F4N7O5S/c1-5-28-21-31(53-40(59)52(39(57)41(53,3)4)32-22-33(42(44,45)46)34(23-47)48-24-32)7-8-36(28)58-15-14-50-10-12-51(13-11-50)25(2)35(54)20-27-16-26(18-30(43)19-27)17-29-6-9-37(55)49-38(29)56/h7-8,16,18-19,21-22,24-25,29H,5-6,9-15,17,20H2,1-4H3,(H,49,55,56)/t25-,29?/m0/s1. The number of piperazine rings is 1. The van der Waals surface area contributed by atoms with Crippen LogP contribution in [0.25, 0.3) is 0 Å². The number of carbonyl (C=O) groups excluding carboxylic acids is 4. The molecule has 1 aromatic heterocycles. The van der Waals surface area contributed by atoms with E-state index >= 15 is 0 Å². The van der Waals surface area contributed by atoms with Gasteiger partial charge in [0.25, 0.3) is 5.91 Å². The van der Waals surface area contributed by atoms with Crippen LogP contribution in [0, 0.1) is 23.1 Å². The summed E-state index contributed by atoms with van der Waals surface area (Å²) in [5.74, 6) is -1.51. The molecule has 0 radical (unpaired) electrons. The average molecular weight is 836 g/mol. The molecule has 3 amide bonds. The van der Waals surface area contributed by atoms with Crippen LogP contribution in [0.4, 0.5) is 28.9 Å². The van der Waals surface area contributed by atoms with Crippen LogP contribution in [-0.2, 0) is 44.6 Å². The lowest BCUT2D eigenvalue weighted by Gasteiger charge is -2.37. The second-order valence-electron chi connectivity index (χ2n) is 15.5. The first-order chi connectivity index (χ1) is 27.9. The number of halogens is 4. The van der Waals surface area contributed by atoms with Crippen molar-refractivity contribution < 1.29 is 41.5 Å². The maximum atomic E-state index is 14.6. The summed E-state index contributed by atoms with van der Waals surface area (Å²) in [6, 6.07) is 11.6. The van der Waals surface area contributed by atoms with Gasteiger partial charge in [0.2, 0.25) is 11.8 Å². The largest absolute Gasteiger partial charge is 0.492 e. The highest BCUT2D eigenvalue weighted by Gasteiger charge is 2.51. The minimum absolute atomic E-state index is 0.0318. The molecule has 4 heterocycles. The molecule has 3 aliphatic heterocycles. The number of pyridine rings is 1. The highest BCUT2D eigenvalue weighted by atomic mass is 32.1. The molecule has 3 saturated heterocycles. The Bertz CT molecular complexity index is 2200. The van der Waals surface area contributed by atoms with Crippen molar-refractivity contribution in [3.8, 4) is 11.8 Å². The molecule has 0 bridgehead atoms. The van der Waals surface area contributed by atoms with E-state index in [0.717, 1.165) is 16.7 Å². The van der Waals surface area contributed by atoms with Gasteiger partial charge in [-0.15, -0.1) is 0 Å². The maximum absolute atomic E-state index is 14.6.